The van der Waals surface area contributed by atoms with Crippen LogP contribution < -0.4 is 10.2 Å². The standard InChI is InChI=1S/C31H24N2/c1-2-11-21(12-3-1)33-28-19-10-17-25-23-14-5-4-13-22(23)24-15-6-7-16-26(24)30(29(25)28)31(33)27-18-8-9-20-32-27/h1-19,30-32H,20H2. The summed E-state index contributed by atoms with van der Waals surface area (Å²) in [4.78, 5) is 2.55. The molecule has 1 aliphatic carbocycles. The number of para-hydroxylation sites is 1. The van der Waals surface area contributed by atoms with Crippen LogP contribution in [0.15, 0.2) is 121 Å². The molecular formula is C31H24N2. The predicted molar refractivity (Wildman–Crippen MR) is 137 cm³/mol. The van der Waals surface area contributed by atoms with Gasteiger partial charge in [0, 0.05) is 29.5 Å². The number of rotatable bonds is 2. The maximum atomic E-state index is 3.71. The number of hydrogen-bond donors (Lipinski definition) is 1. The monoisotopic (exact) mass is 424 g/mol. The van der Waals surface area contributed by atoms with E-state index in [1.54, 1.807) is 0 Å². The van der Waals surface area contributed by atoms with Crippen molar-refractivity contribution >= 4 is 11.4 Å². The van der Waals surface area contributed by atoms with Crippen LogP contribution >= 0.6 is 0 Å². The average Bonchev–Trinajstić information content (AvgIpc) is 3.19. The van der Waals surface area contributed by atoms with Gasteiger partial charge in [0.15, 0.2) is 0 Å². The van der Waals surface area contributed by atoms with E-state index in [9.17, 15) is 0 Å². The average molecular weight is 425 g/mol. The molecule has 3 aliphatic rings. The fraction of sp³-hybridized carbons (Fsp3) is 0.0968. The minimum Gasteiger partial charge on any atom is -0.383 e. The van der Waals surface area contributed by atoms with Gasteiger partial charge in [0.1, 0.15) is 0 Å². The van der Waals surface area contributed by atoms with Crippen molar-refractivity contribution in [3.8, 4) is 22.3 Å². The molecule has 2 nitrogen and oxygen atoms in total. The first-order chi connectivity index (χ1) is 16.4. The van der Waals surface area contributed by atoms with Crippen molar-refractivity contribution in [2.24, 2.45) is 0 Å². The van der Waals surface area contributed by atoms with Crippen molar-refractivity contribution < 1.29 is 0 Å². The van der Waals surface area contributed by atoms with Crippen molar-refractivity contribution in [3.63, 3.8) is 0 Å². The van der Waals surface area contributed by atoms with Crippen LogP contribution in [-0.2, 0) is 0 Å². The predicted octanol–water partition coefficient (Wildman–Crippen LogP) is 7.03. The van der Waals surface area contributed by atoms with E-state index >= 15 is 0 Å². The Morgan fingerprint density at radius 3 is 2.15 bits per heavy atom. The highest BCUT2D eigenvalue weighted by molar-refractivity contribution is 5.94. The van der Waals surface area contributed by atoms with E-state index in [0.717, 1.165) is 6.54 Å². The van der Waals surface area contributed by atoms with Gasteiger partial charge >= 0.3 is 0 Å². The van der Waals surface area contributed by atoms with E-state index in [1.165, 1.54) is 50.5 Å². The Bertz CT molecular complexity index is 1430. The highest BCUT2D eigenvalue weighted by Gasteiger charge is 2.45. The van der Waals surface area contributed by atoms with Crippen LogP contribution in [0.4, 0.5) is 11.4 Å². The second-order valence-electron chi connectivity index (χ2n) is 8.93. The third-order valence-electron chi connectivity index (χ3n) is 7.24. The van der Waals surface area contributed by atoms with E-state index in [0.29, 0.717) is 0 Å². The van der Waals surface area contributed by atoms with E-state index < -0.39 is 0 Å². The third-order valence-corrected chi connectivity index (χ3v) is 7.24. The molecule has 2 aliphatic heterocycles. The molecule has 33 heavy (non-hydrogen) atoms. The molecule has 0 bridgehead atoms. The van der Waals surface area contributed by atoms with Gasteiger partial charge in [-0.15, -0.1) is 0 Å². The van der Waals surface area contributed by atoms with Gasteiger partial charge in [0.2, 0.25) is 0 Å². The molecule has 158 valence electrons. The molecule has 4 aromatic carbocycles. The maximum Gasteiger partial charge on any atom is 0.0847 e. The number of dihydropyridines is 1. The Hall–Kier alpha value is -4.04. The van der Waals surface area contributed by atoms with Gasteiger partial charge in [-0.05, 0) is 57.7 Å². The Labute approximate surface area is 194 Å². The lowest BCUT2D eigenvalue weighted by Crippen LogP contribution is -2.39. The number of hydrogen-bond acceptors (Lipinski definition) is 2. The molecule has 0 amide bonds. The summed E-state index contributed by atoms with van der Waals surface area (Å²) in [5.74, 6) is 0.227. The fourth-order valence-electron chi connectivity index (χ4n) is 5.96. The SMILES string of the molecule is C1=CCNC(C2C3c4ccccc4-c4ccccc4-c4cccc(c43)N2c2ccccc2)=C1. The Morgan fingerprint density at radius 2 is 1.36 bits per heavy atom. The minimum atomic E-state index is 0.156. The molecule has 2 atom stereocenters. The summed E-state index contributed by atoms with van der Waals surface area (Å²) in [6.45, 7) is 0.864. The summed E-state index contributed by atoms with van der Waals surface area (Å²) >= 11 is 0. The minimum absolute atomic E-state index is 0.156. The van der Waals surface area contributed by atoms with Crippen molar-refractivity contribution in [3.05, 3.63) is 132 Å². The number of allylic oxidation sites excluding steroid dienone is 2. The van der Waals surface area contributed by atoms with E-state index in [-0.39, 0.29) is 12.0 Å². The molecule has 0 radical (unpaired) electrons. The van der Waals surface area contributed by atoms with E-state index in [1.807, 2.05) is 0 Å². The first-order valence-electron chi connectivity index (χ1n) is 11.7. The van der Waals surface area contributed by atoms with Gasteiger partial charge in [-0.25, -0.2) is 0 Å². The van der Waals surface area contributed by atoms with Crippen LogP contribution in [0.1, 0.15) is 17.0 Å². The molecule has 1 N–H and O–H groups in total. The number of nitrogens with zero attached hydrogens (tertiary/aromatic N) is 1. The zero-order valence-corrected chi connectivity index (χ0v) is 18.3. The molecule has 0 fully saturated rings. The first kappa shape index (κ1) is 18.5. The number of nitrogens with one attached hydrogen (secondary N) is 1. The Kier molecular flexibility index (Phi) is 4.07. The van der Waals surface area contributed by atoms with Crippen molar-refractivity contribution in [1.29, 1.82) is 0 Å². The largest absolute Gasteiger partial charge is 0.383 e. The quantitative estimate of drug-likeness (QED) is 0.372. The van der Waals surface area contributed by atoms with Gasteiger partial charge in [0.25, 0.3) is 0 Å². The summed E-state index contributed by atoms with van der Waals surface area (Å²) in [6, 6.07) is 35.7. The number of fused-ring (bicyclic) bond motifs is 5. The van der Waals surface area contributed by atoms with Gasteiger partial charge in [-0.2, -0.15) is 0 Å². The van der Waals surface area contributed by atoms with E-state index in [2.05, 4.69) is 126 Å². The molecule has 2 unspecified atom stereocenters. The molecule has 7 rings (SSSR count). The molecule has 2 heteroatoms. The molecular weight excluding hydrogens is 400 g/mol. The first-order valence-corrected chi connectivity index (χ1v) is 11.7. The normalized spacial score (nSPS) is 19.6. The van der Waals surface area contributed by atoms with Crippen molar-refractivity contribution in [2.75, 3.05) is 11.4 Å². The highest BCUT2D eigenvalue weighted by Crippen LogP contribution is 2.57. The fourth-order valence-corrected chi connectivity index (χ4v) is 5.96. The van der Waals surface area contributed by atoms with Gasteiger partial charge in [0.05, 0.1) is 6.04 Å². The Morgan fingerprint density at radius 1 is 0.667 bits per heavy atom. The highest BCUT2D eigenvalue weighted by atomic mass is 15.2. The van der Waals surface area contributed by atoms with Gasteiger partial charge < -0.3 is 10.2 Å². The van der Waals surface area contributed by atoms with E-state index in [4.69, 9.17) is 0 Å². The van der Waals surface area contributed by atoms with Crippen LogP contribution in [0.2, 0.25) is 0 Å². The van der Waals surface area contributed by atoms with Crippen LogP contribution in [0, 0.1) is 0 Å². The molecule has 0 spiro atoms. The molecule has 0 saturated carbocycles. The summed E-state index contributed by atoms with van der Waals surface area (Å²) < 4.78 is 0. The van der Waals surface area contributed by atoms with Crippen molar-refractivity contribution in [2.45, 2.75) is 12.0 Å². The summed E-state index contributed by atoms with van der Waals surface area (Å²) in [5.41, 5.74) is 12.0. The van der Waals surface area contributed by atoms with Crippen LogP contribution in [0.3, 0.4) is 0 Å². The zero-order valence-electron chi connectivity index (χ0n) is 18.3. The van der Waals surface area contributed by atoms with Crippen LogP contribution in [-0.4, -0.2) is 12.6 Å². The molecule has 2 heterocycles. The summed E-state index contributed by atoms with van der Waals surface area (Å²) in [7, 11) is 0. The summed E-state index contributed by atoms with van der Waals surface area (Å²) in [6.07, 6.45) is 6.63. The molecule has 4 aromatic rings. The Balaban J connectivity index is 1.60. The summed E-state index contributed by atoms with van der Waals surface area (Å²) in [5, 5.41) is 3.71. The van der Waals surface area contributed by atoms with Crippen LogP contribution in [0.25, 0.3) is 22.3 Å². The second-order valence-corrected chi connectivity index (χ2v) is 8.93. The van der Waals surface area contributed by atoms with Gasteiger partial charge in [-0.1, -0.05) is 91.0 Å². The maximum absolute atomic E-state index is 3.71. The van der Waals surface area contributed by atoms with Crippen LogP contribution in [0.5, 0.6) is 0 Å². The smallest absolute Gasteiger partial charge is 0.0847 e. The lowest BCUT2D eigenvalue weighted by atomic mass is 9.83. The van der Waals surface area contributed by atoms with Gasteiger partial charge in [-0.3, -0.25) is 0 Å². The molecule has 0 aromatic heterocycles. The lowest BCUT2D eigenvalue weighted by molar-refractivity contribution is 0.643. The number of benzene rings is 4. The molecule has 0 saturated heterocycles. The zero-order chi connectivity index (χ0) is 21.8. The third kappa shape index (κ3) is 2.67. The lowest BCUT2D eigenvalue weighted by Gasteiger charge is -2.34. The number of anilines is 2. The van der Waals surface area contributed by atoms with Crippen molar-refractivity contribution in [1.82, 2.24) is 5.32 Å². The topological polar surface area (TPSA) is 15.3 Å². The second kappa shape index (κ2) is 7.25.